The van der Waals surface area contributed by atoms with Crippen LogP contribution in [0.5, 0.6) is 0 Å². The molecule has 0 amide bonds. The van der Waals surface area contributed by atoms with E-state index in [1.54, 1.807) is 13.8 Å². The number of rotatable bonds is 9. The Kier molecular flexibility index (Phi) is 9.22. The second-order valence-corrected chi connectivity index (χ2v) is 4.22. The van der Waals surface area contributed by atoms with E-state index in [4.69, 9.17) is 19.7 Å². The van der Waals surface area contributed by atoms with Crippen LogP contribution in [0.4, 0.5) is 0 Å². The number of hydrogen-bond acceptors (Lipinski definition) is 6. The molecular weight excluding hydrogens is 240 g/mol. The van der Waals surface area contributed by atoms with Crippen molar-refractivity contribution in [2.24, 2.45) is 0 Å². The van der Waals surface area contributed by atoms with Crippen molar-refractivity contribution in [2.45, 2.75) is 51.7 Å². The first-order valence-corrected chi connectivity index (χ1v) is 6.09. The van der Waals surface area contributed by atoms with Gasteiger partial charge in [-0.2, -0.15) is 0 Å². The molecule has 2 atom stereocenters. The minimum absolute atomic E-state index is 0.0344. The lowest BCUT2D eigenvalue weighted by molar-refractivity contribution is -0.151. The summed E-state index contributed by atoms with van der Waals surface area (Å²) in [6, 6.07) is 0. The van der Waals surface area contributed by atoms with Crippen molar-refractivity contribution >= 4 is 11.9 Å². The predicted molar refractivity (Wildman–Crippen MR) is 63.7 cm³/mol. The molecular formula is C12H22O6. The third-order valence-electron chi connectivity index (χ3n) is 2.13. The van der Waals surface area contributed by atoms with Crippen LogP contribution < -0.4 is 0 Å². The van der Waals surface area contributed by atoms with Gasteiger partial charge < -0.3 is 19.7 Å². The molecule has 0 saturated heterocycles. The molecule has 6 nitrogen and oxygen atoms in total. The van der Waals surface area contributed by atoms with Crippen molar-refractivity contribution in [3.8, 4) is 0 Å². The molecule has 6 heteroatoms. The number of aliphatic hydroxyl groups is 2. The van der Waals surface area contributed by atoms with Crippen LogP contribution in [0.15, 0.2) is 0 Å². The molecule has 2 N–H and O–H groups in total. The van der Waals surface area contributed by atoms with Crippen molar-refractivity contribution in [3.05, 3.63) is 0 Å². The van der Waals surface area contributed by atoms with Crippen LogP contribution in [0, 0.1) is 0 Å². The molecule has 0 aromatic heterocycles. The van der Waals surface area contributed by atoms with E-state index in [0.717, 1.165) is 0 Å². The third-order valence-corrected chi connectivity index (χ3v) is 2.13. The van der Waals surface area contributed by atoms with E-state index < -0.39 is 24.1 Å². The Labute approximate surface area is 107 Å². The van der Waals surface area contributed by atoms with Gasteiger partial charge in [0, 0.05) is 12.8 Å². The van der Waals surface area contributed by atoms with E-state index in [1.165, 1.54) is 0 Å². The highest BCUT2D eigenvalue weighted by Crippen LogP contribution is 1.99. The van der Waals surface area contributed by atoms with Crippen molar-refractivity contribution in [1.82, 2.24) is 0 Å². The molecule has 18 heavy (non-hydrogen) atoms. The zero-order valence-corrected chi connectivity index (χ0v) is 10.9. The number of esters is 2. The quantitative estimate of drug-likeness (QED) is 0.584. The zero-order chi connectivity index (χ0) is 14.0. The molecule has 0 aliphatic rings. The fourth-order valence-corrected chi connectivity index (χ4v) is 1.04. The summed E-state index contributed by atoms with van der Waals surface area (Å²) in [5.41, 5.74) is 0. The first-order valence-electron chi connectivity index (χ1n) is 6.09. The Morgan fingerprint density at radius 3 is 1.50 bits per heavy atom. The molecule has 0 aromatic carbocycles. The van der Waals surface area contributed by atoms with Gasteiger partial charge in [0.1, 0.15) is 0 Å². The van der Waals surface area contributed by atoms with E-state index >= 15 is 0 Å². The summed E-state index contributed by atoms with van der Waals surface area (Å²) in [5, 5.41) is 17.9. The summed E-state index contributed by atoms with van der Waals surface area (Å²) in [5.74, 6) is -0.966. The van der Waals surface area contributed by atoms with Gasteiger partial charge >= 0.3 is 11.9 Å². The lowest BCUT2D eigenvalue weighted by atomic mass is 10.3. The van der Waals surface area contributed by atoms with Crippen molar-refractivity contribution in [1.29, 1.82) is 0 Å². The summed E-state index contributed by atoms with van der Waals surface area (Å²) in [7, 11) is 0. The fraction of sp³-hybridized carbons (Fsp3) is 0.833. The second-order valence-electron chi connectivity index (χ2n) is 4.22. The normalized spacial score (nSPS) is 13.8. The minimum atomic E-state index is -0.511. The molecule has 0 aliphatic heterocycles. The lowest BCUT2D eigenvalue weighted by Gasteiger charge is -2.07. The van der Waals surface area contributed by atoms with Crippen LogP contribution in [0.25, 0.3) is 0 Å². The van der Waals surface area contributed by atoms with Crippen LogP contribution in [-0.2, 0) is 19.1 Å². The van der Waals surface area contributed by atoms with E-state index in [1.807, 2.05) is 0 Å². The van der Waals surface area contributed by atoms with Gasteiger partial charge in [-0.15, -0.1) is 0 Å². The Bertz CT molecular complexity index is 223. The smallest absolute Gasteiger partial charge is 0.306 e. The highest BCUT2D eigenvalue weighted by atomic mass is 16.5. The van der Waals surface area contributed by atoms with Gasteiger partial charge in [0.15, 0.2) is 0 Å². The second kappa shape index (κ2) is 9.85. The molecule has 0 fully saturated rings. The highest BCUT2D eigenvalue weighted by molar-refractivity contribution is 5.77. The van der Waals surface area contributed by atoms with Crippen LogP contribution in [0.1, 0.15) is 39.5 Å². The van der Waals surface area contributed by atoms with Gasteiger partial charge in [0.25, 0.3) is 0 Å². The van der Waals surface area contributed by atoms with Crippen LogP contribution >= 0.6 is 0 Å². The maximum atomic E-state index is 11.2. The lowest BCUT2D eigenvalue weighted by Crippen LogP contribution is -2.14. The van der Waals surface area contributed by atoms with Crippen LogP contribution in [-0.4, -0.2) is 47.6 Å². The van der Waals surface area contributed by atoms with Crippen LogP contribution in [0.3, 0.4) is 0 Å². The van der Waals surface area contributed by atoms with Gasteiger partial charge in [0.05, 0.1) is 38.3 Å². The summed E-state index contributed by atoms with van der Waals surface area (Å²) in [6.45, 7) is 3.50. The summed E-state index contributed by atoms with van der Waals surface area (Å²) < 4.78 is 9.60. The Morgan fingerprint density at radius 2 is 1.22 bits per heavy atom. The minimum Gasteiger partial charge on any atom is -0.466 e. The van der Waals surface area contributed by atoms with Crippen LogP contribution in [0.2, 0.25) is 0 Å². The SMILES string of the molecule is CC(O)CCOC(=O)CCC(=O)OCCC(C)O. The van der Waals surface area contributed by atoms with Gasteiger partial charge in [-0.3, -0.25) is 9.59 Å². The number of ether oxygens (including phenoxy) is 2. The molecule has 106 valence electrons. The standard InChI is InChI=1S/C12H22O6/c1-9(13)5-7-17-11(15)3-4-12(16)18-8-6-10(2)14/h9-10,13-14H,3-8H2,1-2H3. The molecule has 0 spiro atoms. The van der Waals surface area contributed by atoms with Crippen molar-refractivity contribution < 1.29 is 29.3 Å². The van der Waals surface area contributed by atoms with Gasteiger partial charge in [0.2, 0.25) is 0 Å². The first-order chi connectivity index (χ1) is 8.41. The largest absolute Gasteiger partial charge is 0.466 e. The molecule has 0 saturated carbocycles. The van der Waals surface area contributed by atoms with Gasteiger partial charge in [-0.1, -0.05) is 0 Å². The molecule has 0 bridgehead atoms. The highest BCUT2D eigenvalue weighted by Gasteiger charge is 2.09. The van der Waals surface area contributed by atoms with Crippen molar-refractivity contribution in [2.75, 3.05) is 13.2 Å². The van der Waals surface area contributed by atoms with Gasteiger partial charge in [-0.25, -0.2) is 0 Å². The van der Waals surface area contributed by atoms with E-state index in [-0.39, 0.29) is 26.1 Å². The number of carbonyl (C=O) groups excluding carboxylic acids is 2. The summed E-state index contributed by atoms with van der Waals surface area (Å²) >= 11 is 0. The Morgan fingerprint density at radius 1 is 0.889 bits per heavy atom. The maximum Gasteiger partial charge on any atom is 0.306 e. The molecule has 2 unspecified atom stereocenters. The van der Waals surface area contributed by atoms with E-state index in [2.05, 4.69) is 0 Å². The summed E-state index contributed by atoms with van der Waals surface area (Å²) in [4.78, 5) is 22.3. The first kappa shape index (κ1) is 16.9. The topological polar surface area (TPSA) is 93.1 Å². The Balaban J connectivity index is 3.50. The van der Waals surface area contributed by atoms with Gasteiger partial charge in [-0.05, 0) is 13.8 Å². The molecule has 0 aliphatic carbocycles. The monoisotopic (exact) mass is 262 g/mol. The Hall–Kier alpha value is -1.14. The maximum absolute atomic E-state index is 11.2. The number of carbonyl (C=O) groups is 2. The number of aliphatic hydroxyl groups excluding tert-OH is 2. The van der Waals surface area contributed by atoms with Crippen molar-refractivity contribution in [3.63, 3.8) is 0 Å². The zero-order valence-electron chi connectivity index (χ0n) is 10.9. The third kappa shape index (κ3) is 11.3. The molecule has 0 aromatic rings. The number of hydrogen-bond donors (Lipinski definition) is 2. The van der Waals surface area contributed by atoms with E-state index in [0.29, 0.717) is 12.8 Å². The summed E-state index contributed by atoms with van der Waals surface area (Å²) in [6.07, 6.45) is -0.332. The molecule has 0 rings (SSSR count). The molecule has 0 radical (unpaired) electrons. The predicted octanol–water partition coefficient (Wildman–Crippen LogP) is 0.395. The van der Waals surface area contributed by atoms with E-state index in [9.17, 15) is 9.59 Å². The average Bonchev–Trinajstić information content (AvgIpc) is 2.25. The average molecular weight is 262 g/mol. The molecule has 0 heterocycles. The fourth-order valence-electron chi connectivity index (χ4n) is 1.04.